The summed E-state index contributed by atoms with van der Waals surface area (Å²) in [5.41, 5.74) is 1.17. The predicted molar refractivity (Wildman–Crippen MR) is 80.3 cm³/mol. The van der Waals surface area contributed by atoms with Crippen LogP contribution in [0.4, 0.5) is 0 Å². The Balaban J connectivity index is 1.74. The molecule has 22 heavy (non-hydrogen) atoms. The van der Waals surface area contributed by atoms with Crippen LogP contribution in [0.2, 0.25) is 0 Å². The monoisotopic (exact) mass is 305 g/mol. The normalized spacial score (nSPS) is 17.8. The third kappa shape index (κ3) is 3.39. The number of hydrogen-bond acceptors (Lipinski definition) is 6. The van der Waals surface area contributed by atoms with E-state index >= 15 is 0 Å². The van der Waals surface area contributed by atoms with Crippen molar-refractivity contribution in [1.82, 2.24) is 15.5 Å². The van der Waals surface area contributed by atoms with Crippen LogP contribution in [-0.4, -0.2) is 23.4 Å². The molecular formula is C16H23N3O3. The number of aryl methyl sites for hydroxylation is 3. The van der Waals surface area contributed by atoms with E-state index in [4.69, 9.17) is 13.7 Å². The van der Waals surface area contributed by atoms with Gasteiger partial charge in [0.25, 0.3) is 0 Å². The lowest BCUT2D eigenvalue weighted by molar-refractivity contribution is 0.0485. The molecule has 6 heteroatoms. The van der Waals surface area contributed by atoms with E-state index in [1.54, 1.807) is 0 Å². The summed E-state index contributed by atoms with van der Waals surface area (Å²) >= 11 is 0. The molecule has 1 saturated heterocycles. The van der Waals surface area contributed by atoms with E-state index in [1.807, 2.05) is 20.8 Å². The summed E-state index contributed by atoms with van der Waals surface area (Å²) in [5.74, 6) is 3.68. The zero-order valence-corrected chi connectivity index (χ0v) is 13.4. The molecule has 2 aromatic rings. The lowest BCUT2D eigenvalue weighted by atomic mass is 9.91. The maximum atomic E-state index is 5.59. The van der Waals surface area contributed by atoms with Gasteiger partial charge in [-0.15, -0.1) is 0 Å². The molecule has 0 unspecified atom stereocenters. The lowest BCUT2D eigenvalue weighted by Gasteiger charge is -2.28. The van der Waals surface area contributed by atoms with Gasteiger partial charge in [0.05, 0.1) is 6.04 Å². The van der Waals surface area contributed by atoms with Crippen LogP contribution < -0.4 is 5.32 Å². The standard InChI is InChI=1S/C16H23N3O3/c1-10-8-14(11(2)21-10)9-17-15(13-4-6-20-7-5-13)16-18-12(3)19-22-16/h8,13,15,17H,4-7,9H2,1-3H3/t15-/m1/s1. The third-order valence-electron chi connectivity index (χ3n) is 4.20. The number of ether oxygens (including phenoxy) is 1. The molecule has 0 radical (unpaired) electrons. The first-order valence-electron chi connectivity index (χ1n) is 7.80. The zero-order valence-electron chi connectivity index (χ0n) is 13.4. The molecule has 1 N–H and O–H groups in total. The van der Waals surface area contributed by atoms with Crippen LogP contribution in [0.5, 0.6) is 0 Å². The average molecular weight is 305 g/mol. The molecule has 3 heterocycles. The van der Waals surface area contributed by atoms with Crippen molar-refractivity contribution in [2.45, 2.75) is 46.2 Å². The van der Waals surface area contributed by atoms with E-state index in [9.17, 15) is 0 Å². The first kappa shape index (κ1) is 15.2. The molecule has 3 rings (SSSR count). The van der Waals surface area contributed by atoms with Crippen LogP contribution in [0.1, 0.15) is 47.7 Å². The SMILES string of the molecule is Cc1noc([C@H](NCc2cc(C)oc2C)C2CCOCC2)n1. The zero-order chi connectivity index (χ0) is 15.5. The van der Waals surface area contributed by atoms with Gasteiger partial charge in [0.1, 0.15) is 11.5 Å². The van der Waals surface area contributed by atoms with Crippen LogP contribution in [0, 0.1) is 26.7 Å². The van der Waals surface area contributed by atoms with Crippen molar-refractivity contribution in [3.63, 3.8) is 0 Å². The van der Waals surface area contributed by atoms with Crippen molar-refractivity contribution in [1.29, 1.82) is 0 Å². The molecule has 1 aliphatic heterocycles. The van der Waals surface area contributed by atoms with Crippen LogP contribution in [0.3, 0.4) is 0 Å². The number of nitrogens with zero attached hydrogens (tertiary/aromatic N) is 2. The van der Waals surface area contributed by atoms with Crippen molar-refractivity contribution in [3.05, 3.63) is 34.9 Å². The second kappa shape index (κ2) is 6.62. The molecule has 6 nitrogen and oxygen atoms in total. The fraction of sp³-hybridized carbons (Fsp3) is 0.625. The highest BCUT2D eigenvalue weighted by atomic mass is 16.5. The largest absolute Gasteiger partial charge is 0.466 e. The molecule has 2 aromatic heterocycles. The summed E-state index contributed by atoms with van der Waals surface area (Å²) in [7, 11) is 0. The Morgan fingerprint density at radius 1 is 1.27 bits per heavy atom. The molecule has 1 fully saturated rings. The molecule has 0 aromatic carbocycles. The molecule has 0 saturated carbocycles. The van der Waals surface area contributed by atoms with Gasteiger partial charge in [0.2, 0.25) is 5.89 Å². The van der Waals surface area contributed by atoms with Crippen LogP contribution >= 0.6 is 0 Å². The fourth-order valence-electron chi connectivity index (χ4n) is 3.02. The summed E-state index contributed by atoms with van der Waals surface area (Å²) in [6.45, 7) is 8.11. The topological polar surface area (TPSA) is 73.3 Å². The Morgan fingerprint density at radius 3 is 2.64 bits per heavy atom. The second-order valence-electron chi connectivity index (χ2n) is 5.93. The van der Waals surface area contributed by atoms with Gasteiger partial charge >= 0.3 is 0 Å². The van der Waals surface area contributed by atoms with Crippen molar-refractivity contribution < 1.29 is 13.7 Å². The van der Waals surface area contributed by atoms with Crippen LogP contribution in [-0.2, 0) is 11.3 Å². The molecule has 0 aliphatic carbocycles. The first-order valence-corrected chi connectivity index (χ1v) is 7.80. The number of aromatic nitrogens is 2. The summed E-state index contributed by atoms with van der Waals surface area (Å²) in [5, 5.41) is 7.51. The molecule has 0 spiro atoms. The fourth-order valence-corrected chi connectivity index (χ4v) is 3.02. The number of nitrogens with one attached hydrogen (secondary N) is 1. The predicted octanol–water partition coefficient (Wildman–Crippen LogP) is 2.85. The molecule has 1 atom stereocenters. The quantitative estimate of drug-likeness (QED) is 0.915. The van der Waals surface area contributed by atoms with Gasteiger partial charge in [-0.3, -0.25) is 0 Å². The highest BCUT2D eigenvalue weighted by Gasteiger charge is 2.29. The van der Waals surface area contributed by atoms with Gasteiger partial charge in [0, 0.05) is 25.3 Å². The van der Waals surface area contributed by atoms with Gasteiger partial charge in [-0.25, -0.2) is 0 Å². The maximum absolute atomic E-state index is 5.59. The minimum absolute atomic E-state index is 0.0553. The van der Waals surface area contributed by atoms with Gasteiger partial charge in [-0.05, 0) is 45.6 Å². The van der Waals surface area contributed by atoms with Crippen molar-refractivity contribution in [3.8, 4) is 0 Å². The smallest absolute Gasteiger partial charge is 0.244 e. The Morgan fingerprint density at radius 2 is 2.05 bits per heavy atom. The summed E-state index contributed by atoms with van der Waals surface area (Å²) < 4.78 is 16.5. The lowest BCUT2D eigenvalue weighted by Crippen LogP contribution is -2.32. The Hall–Kier alpha value is -1.66. The van der Waals surface area contributed by atoms with E-state index in [0.29, 0.717) is 17.6 Å². The van der Waals surface area contributed by atoms with E-state index in [1.165, 1.54) is 5.56 Å². The molecule has 1 aliphatic rings. The summed E-state index contributed by atoms with van der Waals surface area (Å²) in [4.78, 5) is 4.42. The van der Waals surface area contributed by atoms with Gasteiger partial charge in [0.15, 0.2) is 5.82 Å². The minimum atomic E-state index is 0.0553. The molecule has 0 bridgehead atoms. The van der Waals surface area contributed by atoms with Gasteiger partial charge in [-0.2, -0.15) is 4.98 Å². The van der Waals surface area contributed by atoms with Gasteiger partial charge < -0.3 is 19.0 Å². The number of hydrogen-bond donors (Lipinski definition) is 1. The Bertz CT molecular complexity index is 614. The second-order valence-corrected chi connectivity index (χ2v) is 5.93. The van der Waals surface area contributed by atoms with Crippen LogP contribution in [0.15, 0.2) is 15.0 Å². The highest BCUT2D eigenvalue weighted by molar-refractivity contribution is 5.20. The van der Waals surface area contributed by atoms with E-state index in [2.05, 4.69) is 21.5 Å². The molecule has 0 amide bonds. The summed E-state index contributed by atoms with van der Waals surface area (Å²) in [6, 6.07) is 2.13. The minimum Gasteiger partial charge on any atom is -0.466 e. The van der Waals surface area contributed by atoms with E-state index in [0.717, 1.165) is 44.1 Å². The van der Waals surface area contributed by atoms with Gasteiger partial charge in [-0.1, -0.05) is 5.16 Å². The Labute approximate surface area is 130 Å². The molecule has 120 valence electrons. The summed E-state index contributed by atoms with van der Waals surface area (Å²) in [6.07, 6.45) is 2.00. The van der Waals surface area contributed by atoms with Crippen molar-refractivity contribution in [2.75, 3.05) is 13.2 Å². The van der Waals surface area contributed by atoms with Crippen molar-refractivity contribution >= 4 is 0 Å². The van der Waals surface area contributed by atoms with Crippen molar-refractivity contribution in [2.24, 2.45) is 5.92 Å². The molecular weight excluding hydrogens is 282 g/mol. The first-order chi connectivity index (χ1) is 10.6. The van der Waals surface area contributed by atoms with E-state index in [-0.39, 0.29) is 6.04 Å². The average Bonchev–Trinajstić information content (AvgIpc) is 3.06. The Kier molecular flexibility index (Phi) is 4.59. The number of rotatable bonds is 5. The maximum Gasteiger partial charge on any atom is 0.244 e. The third-order valence-corrected chi connectivity index (χ3v) is 4.20. The highest BCUT2D eigenvalue weighted by Crippen LogP contribution is 2.30. The number of furan rings is 1. The van der Waals surface area contributed by atoms with Crippen LogP contribution in [0.25, 0.3) is 0 Å². The van der Waals surface area contributed by atoms with E-state index < -0.39 is 0 Å².